The summed E-state index contributed by atoms with van der Waals surface area (Å²) in [7, 11) is -3.32. The lowest BCUT2D eigenvalue weighted by molar-refractivity contribution is 0.0697. The molecule has 0 amide bonds. The average Bonchev–Trinajstić information content (AvgIpc) is 2.60. The molecular weight excluding hydrogens is 354 g/mol. The lowest BCUT2D eigenvalue weighted by Crippen LogP contribution is -2.38. The summed E-state index contributed by atoms with van der Waals surface area (Å²) in [4.78, 5) is 19.9. The van der Waals surface area contributed by atoms with Crippen LogP contribution < -0.4 is 0 Å². The first-order valence-corrected chi connectivity index (χ1v) is 10.3. The highest BCUT2D eigenvalue weighted by atomic mass is 32.2. The van der Waals surface area contributed by atoms with Crippen molar-refractivity contribution < 1.29 is 18.3 Å². The Balaban J connectivity index is 2.00. The van der Waals surface area contributed by atoms with E-state index in [9.17, 15) is 13.2 Å². The van der Waals surface area contributed by atoms with Crippen molar-refractivity contribution in [2.45, 2.75) is 32.2 Å². The second-order valence-corrected chi connectivity index (χ2v) is 8.43. The van der Waals surface area contributed by atoms with Gasteiger partial charge in [0.1, 0.15) is 5.82 Å². The maximum atomic E-state index is 12.1. The van der Waals surface area contributed by atoms with Crippen molar-refractivity contribution in [1.29, 1.82) is 0 Å². The zero-order chi connectivity index (χ0) is 18.9. The van der Waals surface area contributed by atoms with Crippen LogP contribution in [0.25, 0.3) is 11.3 Å². The minimum Gasteiger partial charge on any atom is -0.478 e. The second-order valence-electron chi connectivity index (χ2n) is 6.49. The third-order valence-corrected chi connectivity index (χ3v) is 5.80. The van der Waals surface area contributed by atoms with Gasteiger partial charge in [0.15, 0.2) is 0 Å². The van der Waals surface area contributed by atoms with Gasteiger partial charge < -0.3 is 5.11 Å². The van der Waals surface area contributed by atoms with E-state index in [-0.39, 0.29) is 11.6 Å². The van der Waals surface area contributed by atoms with E-state index in [1.807, 2.05) is 0 Å². The predicted molar refractivity (Wildman–Crippen MR) is 97.3 cm³/mol. The predicted octanol–water partition coefficient (Wildman–Crippen LogP) is 2.64. The van der Waals surface area contributed by atoms with Gasteiger partial charge in [-0.15, -0.1) is 0 Å². The smallest absolute Gasteiger partial charge is 0.335 e. The van der Waals surface area contributed by atoms with Gasteiger partial charge in [-0.05, 0) is 38.0 Å². The molecule has 1 aromatic carbocycles. The molecule has 0 saturated carbocycles. The maximum absolute atomic E-state index is 12.1. The zero-order valence-corrected chi connectivity index (χ0v) is 15.5. The van der Waals surface area contributed by atoms with Crippen LogP contribution in [0.3, 0.4) is 0 Å². The molecule has 1 saturated heterocycles. The molecule has 3 rings (SSSR count). The largest absolute Gasteiger partial charge is 0.478 e. The normalized spacial score (nSPS) is 18.6. The molecule has 0 spiro atoms. The van der Waals surface area contributed by atoms with Crippen LogP contribution in [0.1, 0.15) is 47.2 Å². The summed E-state index contributed by atoms with van der Waals surface area (Å²) in [6.07, 6.45) is 3.74. The Kier molecular flexibility index (Phi) is 5.06. The van der Waals surface area contributed by atoms with Crippen molar-refractivity contribution in [3.8, 4) is 11.3 Å². The molecule has 1 aromatic heterocycles. The molecule has 2 heterocycles. The molecule has 1 fully saturated rings. The highest BCUT2D eigenvalue weighted by molar-refractivity contribution is 7.88. The third-order valence-electron chi connectivity index (χ3n) is 4.51. The van der Waals surface area contributed by atoms with Crippen LogP contribution in [0.2, 0.25) is 0 Å². The van der Waals surface area contributed by atoms with Crippen LogP contribution in [0.5, 0.6) is 0 Å². The second kappa shape index (κ2) is 7.13. The lowest BCUT2D eigenvalue weighted by atomic mass is 10.00. The molecule has 7 nitrogen and oxygen atoms in total. The van der Waals surface area contributed by atoms with Crippen molar-refractivity contribution >= 4 is 16.0 Å². The monoisotopic (exact) mass is 375 g/mol. The Morgan fingerprint density at radius 2 is 1.88 bits per heavy atom. The van der Waals surface area contributed by atoms with Gasteiger partial charge in [-0.3, -0.25) is 0 Å². The van der Waals surface area contributed by atoms with E-state index >= 15 is 0 Å². The van der Waals surface area contributed by atoms with Crippen LogP contribution in [0.15, 0.2) is 30.3 Å². The van der Waals surface area contributed by atoms with E-state index in [1.165, 1.54) is 22.7 Å². The Morgan fingerprint density at radius 1 is 1.19 bits per heavy atom. The van der Waals surface area contributed by atoms with Gasteiger partial charge in [0, 0.05) is 12.1 Å². The molecule has 0 bridgehead atoms. The molecule has 8 heteroatoms. The molecule has 138 valence electrons. The lowest BCUT2D eigenvalue weighted by Gasteiger charge is -2.33. The van der Waals surface area contributed by atoms with E-state index in [0.29, 0.717) is 23.8 Å². The van der Waals surface area contributed by atoms with Gasteiger partial charge in [-0.1, -0.05) is 18.6 Å². The van der Waals surface area contributed by atoms with Crippen LogP contribution >= 0.6 is 0 Å². The SMILES string of the molecule is Cc1nc(-c2ccc(C(=O)O)cc2)cc([C@H]2CCCCN2S(C)(=O)=O)n1. The van der Waals surface area contributed by atoms with Gasteiger partial charge in [0.2, 0.25) is 10.0 Å². The van der Waals surface area contributed by atoms with Gasteiger partial charge in [-0.2, -0.15) is 4.31 Å². The number of piperidine rings is 1. The molecule has 0 radical (unpaired) electrons. The molecule has 0 unspecified atom stereocenters. The molecule has 1 N–H and O–H groups in total. The summed E-state index contributed by atoms with van der Waals surface area (Å²) in [5, 5.41) is 9.02. The van der Waals surface area contributed by atoms with Crippen molar-refractivity contribution in [1.82, 2.24) is 14.3 Å². The van der Waals surface area contributed by atoms with Crippen LogP contribution in [0, 0.1) is 6.92 Å². The van der Waals surface area contributed by atoms with E-state index in [0.717, 1.165) is 24.8 Å². The Morgan fingerprint density at radius 3 is 2.50 bits per heavy atom. The van der Waals surface area contributed by atoms with Crippen molar-refractivity contribution in [3.05, 3.63) is 47.4 Å². The van der Waals surface area contributed by atoms with Gasteiger partial charge in [-0.25, -0.2) is 23.2 Å². The number of hydrogen-bond acceptors (Lipinski definition) is 5. The number of nitrogens with zero attached hydrogens (tertiary/aromatic N) is 3. The number of rotatable bonds is 4. The standard InChI is InChI=1S/C18H21N3O4S/c1-12-19-15(13-6-8-14(9-7-13)18(22)23)11-16(20-12)17-5-3-4-10-21(17)26(2,24)25/h6-9,11,17H,3-5,10H2,1-2H3,(H,22,23)/t17-/m1/s1. The number of carbonyl (C=O) groups is 1. The number of carboxylic acids is 1. The zero-order valence-electron chi connectivity index (χ0n) is 14.7. The topological polar surface area (TPSA) is 100 Å². The number of aryl methyl sites for hydroxylation is 1. The number of aromatic carboxylic acids is 1. The first kappa shape index (κ1) is 18.5. The first-order chi connectivity index (χ1) is 12.3. The van der Waals surface area contributed by atoms with Crippen LogP contribution in [-0.2, 0) is 10.0 Å². The summed E-state index contributed by atoms with van der Waals surface area (Å²) in [5.41, 5.74) is 2.31. The molecule has 1 aliphatic rings. The summed E-state index contributed by atoms with van der Waals surface area (Å²) in [5.74, 6) is -0.430. The fourth-order valence-corrected chi connectivity index (χ4v) is 4.43. The Hall–Kier alpha value is -2.32. The fourth-order valence-electron chi connectivity index (χ4n) is 3.29. The van der Waals surface area contributed by atoms with Crippen molar-refractivity contribution in [2.24, 2.45) is 0 Å². The summed E-state index contributed by atoms with van der Waals surface area (Å²) >= 11 is 0. The number of benzene rings is 1. The van der Waals surface area contributed by atoms with Crippen LogP contribution in [0.4, 0.5) is 0 Å². The highest BCUT2D eigenvalue weighted by Crippen LogP contribution is 2.33. The quantitative estimate of drug-likeness (QED) is 0.882. The minimum absolute atomic E-state index is 0.204. The Labute approximate surface area is 152 Å². The molecule has 1 atom stereocenters. The van der Waals surface area contributed by atoms with Gasteiger partial charge in [0.25, 0.3) is 0 Å². The summed E-state index contributed by atoms with van der Waals surface area (Å²) in [6.45, 7) is 2.27. The minimum atomic E-state index is -3.32. The number of aromatic nitrogens is 2. The molecule has 2 aromatic rings. The number of hydrogen-bond donors (Lipinski definition) is 1. The number of carboxylic acid groups (broad SMARTS) is 1. The highest BCUT2D eigenvalue weighted by Gasteiger charge is 2.31. The molecule has 0 aliphatic carbocycles. The molecular formula is C18H21N3O4S. The van der Waals surface area contributed by atoms with E-state index < -0.39 is 16.0 Å². The van der Waals surface area contributed by atoms with Crippen LogP contribution in [-0.4, -0.2) is 46.6 Å². The third kappa shape index (κ3) is 3.91. The number of sulfonamides is 1. The van der Waals surface area contributed by atoms with Gasteiger partial charge >= 0.3 is 5.97 Å². The first-order valence-electron chi connectivity index (χ1n) is 8.42. The fraction of sp³-hybridized carbons (Fsp3) is 0.389. The summed E-state index contributed by atoms with van der Waals surface area (Å²) in [6, 6.07) is 7.96. The van der Waals surface area contributed by atoms with E-state index in [2.05, 4.69) is 9.97 Å². The van der Waals surface area contributed by atoms with Crippen molar-refractivity contribution in [2.75, 3.05) is 12.8 Å². The molecule has 1 aliphatic heterocycles. The summed E-state index contributed by atoms with van der Waals surface area (Å²) < 4.78 is 25.8. The maximum Gasteiger partial charge on any atom is 0.335 e. The van der Waals surface area contributed by atoms with Crippen molar-refractivity contribution in [3.63, 3.8) is 0 Å². The van der Waals surface area contributed by atoms with E-state index in [1.54, 1.807) is 25.1 Å². The Bertz CT molecular complexity index is 926. The van der Waals surface area contributed by atoms with Gasteiger partial charge in [0.05, 0.1) is 29.2 Å². The average molecular weight is 375 g/mol. The van der Waals surface area contributed by atoms with E-state index in [4.69, 9.17) is 5.11 Å². The molecule has 26 heavy (non-hydrogen) atoms.